The molecule has 1 aromatic heterocycles. The Labute approximate surface area is 184 Å². The molecule has 0 aliphatic heterocycles. The fraction of sp³-hybridized carbons (Fsp3) is 0.120. The number of aromatic hydroxyl groups is 1. The Kier molecular flexibility index (Phi) is 5.36. The number of rotatable bonds is 1. The number of hydrogen-bond donors (Lipinski definition) is 1. The van der Waals surface area contributed by atoms with E-state index >= 15 is 0 Å². The predicted molar refractivity (Wildman–Crippen MR) is 112 cm³/mol. The Morgan fingerprint density at radius 2 is 1.45 bits per heavy atom. The van der Waals surface area contributed by atoms with Gasteiger partial charge in [-0.2, -0.15) is 26.3 Å². The largest absolute Gasteiger partial charge is 0.508 e. The average molecular weight is 459 g/mol. The highest BCUT2D eigenvalue weighted by Crippen LogP contribution is 2.41. The molecule has 1 heterocycles. The topological polar surface area (TPSA) is 25.2 Å². The molecular weight excluding hydrogens is 444 g/mol. The molecule has 0 fully saturated rings. The van der Waals surface area contributed by atoms with Gasteiger partial charge in [-0.1, -0.05) is 30.0 Å². The van der Waals surface area contributed by atoms with Crippen molar-refractivity contribution in [3.05, 3.63) is 89.0 Å². The van der Waals surface area contributed by atoms with Crippen molar-refractivity contribution in [2.75, 3.05) is 0 Å². The molecule has 0 aliphatic rings. The van der Waals surface area contributed by atoms with E-state index in [0.29, 0.717) is 10.9 Å². The van der Waals surface area contributed by atoms with Crippen LogP contribution in [0.15, 0.2) is 66.7 Å². The van der Waals surface area contributed by atoms with Crippen LogP contribution in [0.2, 0.25) is 0 Å². The zero-order valence-corrected chi connectivity index (χ0v) is 17.0. The quantitative estimate of drug-likeness (QED) is 0.241. The first-order chi connectivity index (χ1) is 15.5. The zero-order chi connectivity index (χ0) is 24.0. The summed E-state index contributed by atoms with van der Waals surface area (Å²) in [6, 6.07) is 13.6. The summed E-state index contributed by atoms with van der Waals surface area (Å²) in [5.41, 5.74) is -0.592. The molecule has 33 heavy (non-hydrogen) atoms. The highest BCUT2D eigenvalue weighted by atomic mass is 19.4. The summed E-state index contributed by atoms with van der Waals surface area (Å²) in [6.07, 6.45) is -9.11. The molecule has 0 radical (unpaired) electrons. The van der Waals surface area contributed by atoms with Crippen LogP contribution >= 0.6 is 0 Å². The second kappa shape index (κ2) is 7.93. The summed E-state index contributed by atoms with van der Waals surface area (Å²) >= 11 is 0. The average Bonchev–Trinajstić information content (AvgIpc) is 3.02. The van der Waals surface area contributed by atoms with Gasteiger partial charge in [-0.3, -0.25) is 0 Å². The van der Waals surface area contributed by atoms with Gasteiger partial charge in [0.05, 0.1) is 27.9 Å². The molecular formula is C25H15F6NO. The molecule has 0 aliphatic carbocycles. The van der Waals surface area contributed by atoms with Crippen molar-refractivity contribution >= 4 is 10.9 Å². The third-order valence-electron chi connectivity index (χ3n) is 5.22. The number of hydrogen-bond acceptors (Lipinski definition) is 1. The lowest BCUT2D eigenvalue weighted by atomic mass is 9.99. The van der Waals surface area contributed by atoms with Gasteiger partial charge in [0.2, 0.25) is 0 Å². The lowest BCUT2D eigenvalue weighted by Gasteiger charge is -2.14. The highest BCUT2D eigenvalue weighted by molar-refractivity contribution is 5.96. The first-order valence-corrected chi connectivity index (χ1v) is 9.64. The van der Waals surface area contributed by atoms with E-state index in [9.17, 15) is 31.4 Å². The standard InChI is InChI=1S/C25H15F6NO/c1-32-22-14-17(33)11-13-18(22)19(12-8-15-6-9-16(10-7-15)24(26,27)28)23(32)20-4-2-3-5-21(20)25(29,30)31/h2-7,9-11,13-14,33H,1H3. The van der Waals surface area contributed by atoms with Crippen molar-refractivity contribution in [1.29, 1.82) is 0 Å². The summed E-state index contributed by atoms with van der Waals surface area (Å²) in [5.74, 6) is 5.53. The van der Waals surface area contributed by atoms with Gasteiger partial charge in [-0.25, -0.2) is 0 Å². The van der Waals surface area contributed by atoms with Gasteiger partial charge in [0.25, 0.3) is 0 Å². The minimum atomic E-state index is -4.62. The molecule has 1 N–H and O–H groups in total. The maximum absolute atomic E-state index is 13.7. The molecule has 8 heteroatoms. The van der Waals surface area contributed by atoms with Crippen LogP contribution in [0.5, 0.6) is 5.75 Å². The van der Waals surface area contributed by atoms with Gasteiger partial charge in [0.15, 0.2) is 0 Å². The van der Waals surface area contributed by atoms with Gasteiger partial charge < -0.3 is 9.67 Å². The van der Waals surface area contributed by atoms with Crippen molar-refractivity contribution in [1.82, 2.24) is 4.57 Å². The number of aryl methyl sites for hydroxylation is 1. The zero-order valence-electron chi connectivity index (χ0n) is 17.0. The van der Waals surface area contributed by atoms with Crippen molar-refractivity contribution in [3.63, 3.8) is 0 Å². The molecule has 0 amide bonds. The Balaban J connectivity index is 1.95. The second-order valence-electron chi connectivity index (χ2n) is 7.35. The number of phenolic OH excluding ortho intramolecular Hbond substituents is 1. The fourth-order valence-electron chi connectivity index (χ4n) is 3.68. The van der Waals surface area contributed by atoms with Gasteiger partial charge in [-0.15, -0.1) is 0 Å². The molecule has 0 unspecified atom stereocenters. The van der Waals surface area contributed by atoms with E-state index in [1.807, 2.05) is 0 Å². The molecule has 0 spiro atoms. The third kappa shape index (κ3) is 4.27. The van der Waals surface area contributed by atoms with Crippen LogP contribution in [0.1, 0.15) is 22.3 Å². The van der Waals surface area contributed by atoms with Crippen LogP contribution in [0.25, 0.3) is 22.2 Å². The number of fused-ring (bicyclic) bond motifs is 1. The van der Waals surface area contributed by atoms with E-state index in [-0.39, 0.29) is 28.1 Å². The SMILES string of the molecule is Cn1c(-c2ccccc2C(F)(F)F)c(C#Cc2ccc(C(F)(F)F)cc2)c2ccc(O)cc21. The molecule has 168 valence electrons. The predicted octanol–water partition coefficient (Wildman–Crippen LogP) is 6.99. The first kappa shape index (κ1) is 22.3. The normalized spacial score (nSPS) is 12.0. The van der Waals surface area contributed by atoms with Gasteiger partial charge >= 0.3 is 12.4 Å². The Morgan fingerprint density at radius 3 is 2.09 bits per heavy atom. The molecule has 4 rings (SSSR count). The van der Waals surface area contributed by atoms with Crippen LogP contribution in [-0.2, 0) is 19.4 Å². The van der Waals surface area contributed by atoms with Crippen LogP contribution < -0.4 is 0 Å². The number of halogens is 6. The summed E-state index contributed by atoms with van der Waals surface area (Å²) in [7, 11) is 1.56. The maximum Gasteiger partial charge on any atom is 0.417 e. The lowest BCUT2D eigenvalue weighted by molar-refractivity contribution is -0.138. The smallest absolute Gasteiger partial charge is 0.417 e. The molecule has 0 saturated carbocycles. The van der Waals surface area contributed by atoms with Crippen LogP contribution in [0.4, 0.5) is 26.3 Å². The summed E-state index contributed by atoms with van der Waals surface area (Å²) < 4.78 is 81.1. The summed E-state index contributed by atoms with van der Waals surface area (Å²) in [4.78, 5) is 0. The Bertz CT molecular complexity index is 1400. The van der Waals surface area contributed by atoms with E-state index in [0.717, 1.165) is 18.2 Å². The van der Waals surface area contributed by atoms with Crippen molar-refractivity contribution in [2.45, 2.75) is 12.4 Å². The Morgan fingerprint density at radius 1 is 0.788 bits per heavy atom. The van der Waals surface area contributed by atoms with Crippen molar-refractivity contribution < 1.29 is 31.4 Å². The minimum absolute atomic E-state index is 0.0685. The van der Waals surface area contributed by atoms with E-state index in [4.69, 9.17) is 0 Å². The molecule has 0 saturated heterocycles. The molecule has 4 aromatic rings. The Hall–Kier alpha value is -3.86. The number of aromatic nitrogens is 1. The fourth-order valence-corrected chi connectivity index (χ4v) is 3.68. The lowest BCUT2D eigenvalue weighted by Crippen LogP contribution is -2.08. The first-order valence-electron chi connectivity index (χ1n) is 9.64. The summed E-state index contributed by atoms with van der Waals surface area (Å²) in [6.45, 7) is 0. The number of alkyl halides is 6. The van der Waals surface area contributed by atoms with Gasteiger partial charge in [-0.05, 0) is 42.5 Å². The number of benzene rings is 3. The maximum atomic E-state index is 13.7. The van der Waals surface area contributed by atoms with Crippen molar-refractivity contribution in [2.24, 2.45) is 7.05 Å². The monoisotopic (exact) mass is 459 g/mol. The van der Waals surface area contributed by atoms with E-state index in [2.05, 4.69) is 11.8 Å². The van der Waals surface area contributed by atoms with E-state index < -0.39 is 23.5 Å². The van der Waals surface area contributed by atoms with Crippen LogP contribution in [-0.4, -0.2) is 9.67 Å². The molecule has 0 bridgehead atoms. The number of phenols is 1. The minimum Gasteiger partial charge on any atom is -0.508 e. The summed E-state index contributed by atoms with van der Waals surface area (Å²) in [5, 5.41) is 10.4. The molecule has 0 atom stereocenters. The third-order valence-corrected chi connectivity index (χ3v) is 5.22. The van der Waals surface area contributed by atoms with E-state index in [1.165, 1.54) is 47.0 Å². The molecule has 3 aromatic carbocycles. The van der Waals surface area contributed by atoms with Crippen LogP contribution in [0.3, 0.4) is 0 Å². The molecule has 2 nitrogen and oxygen atoms in total. The second-order valence-corrected chi connectivity index (χ2v) is 7.35. The highest BCUT2D eigenvalue weighted by Gasteiger charge is 2.35. The van der Waals surface area contributed by atoms with Gasteiger partial charge in [0.1, 0.15) is 5.75 Å². The van der Waals surface area contributed by atoms with E-state index in [1.54, 1.807) is 13.1 Å². The van der Waals surface area contributed by atoms with Crippen molar-refractivity contribution in [3.8, 4) is 28.8 Å². The van der Waals surface area contributed by atoms with Gasteiger partial charge in [0, 0.05) is 29.6 Å². The number of nitrogens with zero attached hydrogens (tertiary/aromatic N) is 1. The van der Waals surface area contributed by atoms with Crippen LogP contribution in [0, 0.1) is 11.8 Å².